The van der Waals surface area contributed by atoms with E-state index < -0.39 is 5.54 Å². The summed E-state index contributed by atoms with van der Waals surface area (Å²) in [7, 11) is 0. The molecule has 1 aromatic heterocycles. The summed E-state index contributed by atoms with van der Waals surface area (Å²) in [4.78, 5) is 12.3. The number of nitrogens with zero attached hydrogens (tertiary/aromatic N) is 2. The van der Waals surface area contributed by atoms with Crippen molar-refractivity contribution in [2.24, 2.45) is 0 Å². The van der Waals surface area contributed by atoms with Crippen LogP contribution in [0.3, 0.4) is 0 Å². The van der Waals surface area contributed by atoms with Crippen LogP contribution in [0.2, 0.25) is 0 Å². The van der Waals surface area contributed by atoms with E-state index in [0.29, 0.717) is 5.13 Å². The second-order valence-electron chi connectivity index (χ2n) is 5.87. The highest BCUT2D eigenvalue weighted by Crippen LogP contribution is 2.26. The molecule has 5 nitrogen and oxygen atoms in total. The highest BCUT2D eigenvalue weighted by molar-refractivity contribution is 8.01. The van der Waals surface area contributed by atoms with E-state index >= 15 is 0 Å². The fourth-order valence-electron chi connectivity index (χ4n) is 2.10. The van der Waals surface area contributed by atoms with E-state index in [9.17, 15) is 4.79 Å². The number of carbonyl (C=O) groups excluding carboxylic acids is 1. The predicted molar refractivity (Wildman–Crippen MR) is 103 cm³/mol. The number of allylic oxidation sites excluding steroid dienone is 1. The van der Waals surface area contributed by atoms with Gasteiger partial charge < -0.3 is 5.32 Å². The predicted octanol–water partition coefficient (Wildman–Crippen LogP) is 4.74. The molecule has 0 saturated carbocycles. The summed E-state index contributed by atoms with van der Waals surface area (Å²) in [5.74, 6) is 0.924. The van der Waals surface area contributed by atoms with E-state index in [0.717, 1.165) is 26.8 Å². The first kappa shape index (κ1) is 18.5. The van der Waals surface area contributed by atoms with Crippen LogP contribution in [0.4, 0.5) is 9.93 Å². The maximum atomic E-state index is 12.3. The Morgan fingerprint density at radius 2 is 2.12 bits per heavy atom. The highest BCUT2D eigenvalue weighted by atomic mass is 32.2. The summed E-state index contributed by atoms with van der Waals surface area (Å²) in [6.45, 7) is 11.9. The van der Waals surface area contributed by atoms with Gasteiger partial charge in [-0.2, -0.15) is 0 Å². The van der Waals surface area contributed by atoms with E-state index in [2.05, 4.69) is 27.4 Å². The Morgan fingerprint density at radius 1 is 1.38 bits per heavy atom. The summed E-state index contributed by atoms with van der Waals surface area (Å²) in [6.07, 6.45) is 0. The molecule has 0 aliphatic heterocycles. The van der Waals surface area contributed by atoms with Gasteiger partial charge in [0, 0.05) is 0 Å². The molecule has 0 atom stereocenters. The molecule has 2 rings (SSSR count). The Hall–Kier alpha value is -1.86. The standard InChI is InChI=1S/C17H22N4OS2/c1-6-23-16-21-20-15(24-16)18-14(22)19-17(4,5)13-9-7-8-12(10-13)11(2)3/h7-10H,2,6H2,1,3-5H3,(H2,18,19,20,22). The number of thioether (sulfide) groups is 1. The minimum Gasteiger partial charge on any atom is -0.329 e. The third-order valence-corrected chi connectivity index (χ3v) is 5.25. The molecule has 0 saturated heterocycles. The van der Waals surface area contributed by atoms with Crippen molar-refractivity contribution in [3.8, 4) is 0 Å². The zero-order valence-electron chi connectivity index (χ0n) is 14.3. The molecule has 0 spiro atoms. The Morgan fingerprint density at radius 3 is 2.79 bits per heavy atom. The van der Waals surface area contributed by atoms with Crippen LogP contribution in [0.1, 0.15) is 38.8 Å². The van der Waals surface area contributed by atoms with Crippen molar-refractivity contribution < 1.29 is 4.79 Å². The van der Waals surface area contributed by atoms with Crippen LogP contribution in [-0.4, -0.2) is 22.0 Å². The summed E-state index contributed by atoms with van der Waals surface area (Å²) in [5.41, 5.74) is 2.54. The van der Waals surface area contributed by atoms with E-state index in [-0.39, 0.29) is 6.03 Å². The van der Waals surface area contributed by atoms with Crippen LogP contribution in [-0.2, 0) is 5.54 Å². The van der Waals surface area contributed by atoms with E-state index in [1.165, 1.54) is 11.3 Å². The fourth-order valence-corrected chi connectivity index (χ4v) is 3.74. The Kier molecular flexibility index (Phi) is 6.01. The van der Waals surface area contributed by atoms with Gasteiger partial charge in [-0.25, -0.2) is 4.79 Å². The van der Waals surface area contributed by atoms with Crippen LogP contribution in [0.25, 0.3) is 5.57 Å². The average molecular weight is 363 g/mol. The lowest BCUT2D eigenvalue weighted by atomic mass is 9.92. The molecule has 2 amide bonds. The number of rotatable bonds is 6. The van der Waals surface area contributed by atoms with Crippen molar-refractivity contribution in [1.82, 2.24) is 15.5 Å². The van der Waals surface area contributed by atoms with Crippen molar-refractivity contribution in [1.29, 1.82) is 0 Å². The van der Waals surface area contributed by atoms with Crippen molar-refractivity contribution in [2.45, 2.75) is 37.6 Å². The van der Waals surface area contributed by atoms with Gasteiger partial charge in [0.15, 0.2) is 4.34 Å². The lowest BCUT2D eigenvalue weighted by molar-refractivity contribution is 0.242. The van der Waals surface area contributed by atoms with Crippen molar-refractivity contribution in [2.75, 3.05) is 11.1 Å². The van der Waals surface area contributed by atoms with Gasteiger partial charge in [0.1, 0.15) is 0 Å². The van der Waals surface area contributed by atoms with Gasteiger partial charge in [-0.05, 0) is 43.7 Å². The summed E-state index contributed by atoms with van der Waals surface area (Å²) in [5, 5.41) is 14.2. The molecule has 128 valence electrons. The molecule has 24 heavy (non-hydrogen) atoms. The number of hydrogen-bond acceptors (Lipinski definition) is 5. The number of nitrogens with one attached hydrogen (secondary N) is 2. The molecule has 0 bridgehead atoms. The molecule has 0 fully saturated rings. The van der Waals surface area contributed by atoms with Gasteiger partial charge in [-0.3, -0.25) is 5.32 Å². The van der Waals surface area contributed by atoms with Crippen molar-refractivity contribution >= 4 is 39.8 Å². The molecule has 2 aromatic rings. The van der Waals surface area contributed by atoms with Gasteiger partial charge in [0.05, 0.1) is 5.54 Å². The maximum absolute atomic E-state index is 12.3. The van der Waals surface area contributed by atoms with Crippen molar-refractivity contribution in [3.05, 3.63) is 42.0 Å². The summed E-state index contributed by atoms with van der Waals surface area (Å²) >= 11 is 2.97. The minimum atomic E-state index is -0.527. The first-order valence-electron chi connectivity index (χ1n) is 7.63. The molecule has 0 aliphatic carbocycles. The van der Waals surface area contributed by atoms with Gasteiger partial charge in [0.25, 0.3) is 0 Å². The van der Waals surface area contributed by atoms with Gasteiger partial charge in [-0.15, -0.1) is 10.2 Å². The lowest BCUT2D eigenvalue weighted by Crippen LogP contribution is -2.43. The smallest absolute Gasteiger partial charge is 0.321 e. The number of urea groups is 1. The highest BCUT2D eigenvalue weighted by Gasteiger charge is 2.23. The molecule has 0 unspecified atom stereocenters. The van der Waals surface area contributed by atoms with Crippen LogP contribution >= 0.6 is 23.1 Å². The zero-order chi connectivity index (χ0) is 17.7. The first-order valence-corrected chi connectivity index (χ1v) is 9.44. The van der Waals surface area contributed by atoms with Crippen LogP contribution in [0.5, 0.6) is 0 Å². The van der Waals surface area contributed by atoms with Crippen LogP contribution < -0.4 is 10.6 Å². The van der Waals surface area contributed by atoms with E-state index in [1.807, 2.05) is 52.0 Å². The molecule has 0 radical (unpaired) electrons. The number of benzene rings is 1. The number of aromatic nitrogens is 2. The molecule has 0 aliphatic rings. The SMILES string of the molecule is C=C(C)c1cccc(C(C)(C)NC(=O)Nc2nnc(SCC)s2)c1. The van der Waals surface area contributed by atoms with E-state index in [4.69, 9.17) is 0 Å². The largest absolute Gasteiger partial charge is 0.329 e. The Labute approximate surface area is 151 Å². The van der Waals surface area contributed by atoms with E-state index in [1.54, 1.807) is 11.8 Å². The molecule has 1 heterocycles. The summed E-state index contributed by atoms with van der Waals surface area (Å²) in [6, 6.07) is 7.72. The van der Waals surface area contributed by atoms with Gasteiger partial charge in [-0.1, -0.05) is 60.4 Å². The maximum Gasteiger partial charge on any atom is 0.321 e. The minimum absolute atomic E-state index is 0.301. The average Bonchev–Trinajstić information content (AvgIpc) is 2.94. The number of amides is 2. The monoisotopic (exact) mass is 362 g/mol. The Balaban J connectivity index is 2.05. The molecule has 1 aromatic carbocycles. The summed E-state index contributed by atoms with van der Waals surface area (Å²) < 4.78 is 0.848. The number of hydrogen-bond donors (Lipinski definition) is 2. The Bertz CT molecular complexity index is 740. The number of carbonyl (C=O) groups is 1. The third kappa shape index (κ3) is 4.82. The van der Waals surface area contributed by atoms with Crippen LogP contribution in [0, 0.1) is 0 Å². The number of anilines is 1. The topological polar surface area (TPSA) is 66.9 Å². The normalized spacial score (nSPS) is 11.2. The second kappa shape index (κ2) is 7.81. The zero-order valence-corrected chi connectivity index (χ0v) is 16.0. The first-order chi connectivity index (χ1) is 11.3. The lowest BCUT2D eigenvalue weighted by Gasteiger charge is -2.27. The second-order valence-corrected chi connectivity index (χ2v) is 8.36. The van der Waals surface area contributed by atoms with Crippen LogP contribution in [0.15, 0.2) is 35.2 Å². The molecular formula is C17H22N4OS2. The molecular weight excluding hydrogens is 340 g/mol. The van der Waals surface area contributed by atoms with Gasteiger partial charge >= 0.3 is 6.03 Å². The third-order valence-electron chi connectivity index (χ3n) is 3.40. The molecule has 2 N–H and O–H groups in total. The fraction of sp³-hybridized carbons (Fsp3) is 0.353. The van der Waals surface area contributed by atoms with Gasteiger partial charge in [0.2, 0.25) is 5.13 Å². The quantitative estimate of drug-likeness (QED) is 0.575. The molecule has 7 heteroatoms. The van der Waals surface area contributed by atoms with Crippen molar-refractivity contribution in [3.63, 3.8) is 0 Å².